The Hall–Kier alpha value is -12.2. The van der Waals surface area contributed by atoms with Crippen LogP contribution in [0.5, 0.6) is 17.2 Å². The third-order valence-corrected chi connectivity index (χ3v) is 29.8. The van der Waals surface area contributed by atoms with E-state index < -0.39 is 0 Å². The van der Waals surface area contributed by atoms with Gasteiger partial charge < -0.3 is 43.6 Å². The molecule has 137 heavy (non-hydrogen) atoms. The molecule has 0 aliphatic carbocycles. The molecule has 6 saturated heterocycles. The number of carbonyl (C=O) groups is 4. The Bertz CT molecular complexity index is 6220. The van der Waals surface area contributed by atoms with Crippen LogP contribution in [0.2, 0.25) is 0 Å². The number of benzene rings is 6. The Kier molecular flexibility index (Phi) is 32.6. The smallest absolute Gasteiger partial charge is 0.185 e. The summed E-state index contributed by atoms with van der Waals surface area (Å²) in [4.78, 5) is 108. The molecule has 14 aromatic rings. The van der Waals surface area contributed by atoms with Gasteiger partial charge in [0.15, 0.2) is 21.8 Å². The average molecular weight is 1900 g/mol. The van der Waals surface area contributed by atoms with Gasteiger partial charge in [0.2, 0.25) is 0 Å². The Morgan fingerprint density at radius 2 is 0.745 bits per heavy atom. The minimum absolute atomic E-state index is 0.0229. The van der Waals surface area contributed by atoms with Crippen molar-refractivity contribution in [3.05, 3.63) is 239 Å². The van der Waals surface area contributed by atoms with Crippen LogP contribution in [0, 0.1) is 6.92 Å². The van der Waals surface area contributed by atoms with Gasteiger partial charge in [-0.15, -0.1) is 34.0 Å². The van der Waals surface area contributed by atoms with Crippen LogP contribution >= 0.6 is 34.0 Å². The van der Waals surface area contributed by atoms with Crippen molar-refractivity contribution in [3.63, 3.8) is 0 Å². The zero-order chi connectivity index (χ0) is 94.7. The number of para-hydroxylation sites is 1. The third-order valence-electron chi connectivity index (χ3n) is 27.1. The number of hydrogen-bond acceptors (Lipinski definition) is 28. The largest absolute Gasteiger partial charge is 0.494 e. The van der Waals surface area contributed by atoms with Crippen molar-refractivity contribution in [2.75, 3.05) is 182 Å². The fourth-order valence-electron chi connectivity index (χ4n) is 20.4. The van der Waals surface area contributed by atoms with Crippen LogP contribution in [0.4, 0.5) is 33.0 Å². The van der Waals surface area contributed by atoms with Gasteiger partial charge in [-0.05, 0) is 195 Å². The first kappa shape index (κ1) is 96.5. The lowest BCUT2D eigenvalue weighted by Gasteiger charge is -2.30. The topological polar surface area (TPSA) is 236 Å². The van der Waals surface area contributed by atoms with Crippen LogP contribution in [-0.4, -0.2) is 240 Å². The maximum atomic E-state index is 12.8. The first-order valence-electron chi connectivity index (χ1n) is 48.6. The monoisotopic (exact) mass is 1900 g/mol. The summed E-state index contributed by atoms with van der Waals surface area (Å²) < 4.78 is 19.1. The van der Waals surface area contributed by atoms with E-state index in [1.54, 1.807) is 83.0 Å². The molecule has 6 aromatic carbocycles. The predicted octanol–water partition coefficient (Wildman–Crippen LogP) is 19.6. The maximum absolute atomic E-state index is 12.8. The van der Waals surface area contributed by atoms with Gasteiger partial charge >= 0.3 is 0 Å². The van der Waals surface area contributed by atoms with Crippen molar-refractivity contribution in [1.29, 1.82) is 0 Å². The Labute approximate surface area is 816 Å². The Morgan fingerprint density at radius 3 is 1.19 bits per heavy atom. The van der Waals surface area contributed by atoms with E-state index in [-0.39, 0.29) is 47.3 Å². The van der Waals surface area contributed by atoms with E-state index in [2.05, 4.69) is 137 Å². The summed E-state index contributed by atoms with van der Waals surface area (Å²) in [5, 5.41) is 18.8. The molecule has 0 spiro atoms. The fourth-order valence-corrected chi connectivity index (χ4v) is 23.1. The SMILES string of the molecule is CC(=O)C(c1ccn(-c2ccccc2)n1)N1CCCN(c2cc(C)cc3cccnc23)CC1.COc1ccc2cccnc2c1N1CCCN(C(C(C)=O)c2csc(-c3ccccc3)n2)CC1.COc1ccc2cccnc2c1N1CCCN(C(CC(C)=O)c2csc(N3CCCCC3)n2)CC1.COc1ccc2cccnc2c1N1CCCN(C(CC(C)=O)c2csc(N3CCCCC3)n2)CC1. The van der Waals surface area contributed by atoms with E-state index >= 15 is 0 Å². The number of piperidine rings is 2. The summed E-state index contributed by atoms with van der Waals surface area (Å²) in [6.45, 7) is 27.1. The molecule has 0 amide bonds. The van der Waals surface area contributed by atoms with Crippen LogP contribution in [0.25, 0.3) is 59.9 Å². The number of thiazole rings is 3. The van der Waals surface area contributed by atoms with E-state index in [1.165, 1.54) is 55.2 Å². The summed E-state index contributed by atoms with van der Waals surface area (Å²) in [6.07, 6.45) is 21.8. The zero-order valence-corrected chi connectivity index (χ0v) is 82.7. The summed E-state index contributed by atoms with van der Waals surface area (Å²) in [7, 11) is 5.15. The minimum atomic E-state index is -0.332. The summed E-state index contributed by atoms with van der Waals surface area (Å²) >= 11 is 5.05. The van der Waals surface area contributed by atoms with Gasteiger partial charge in [0, 0.05) is 218 Å². The van der Waals surface area contributed by atoms with Crippen molar-refractivity contribution >= 4 is 134 Å². The molecule has 20 rings (SSSR count). The van der Waals surface area contributed by atoms with Crippen LogP contribution < -0.4 is 43.6 Å². The molecule has 6 aliphatic heterocycles. The molecule has 14 heterocycles. The maximum Gasteiger partial charge on any atom is 0.185 e. The fraction of sp³-hybridized carbons (Fsp3) is 0.407. The second-order valence-electron chi connectivity index (χ2n) is 36.5. The molecule has 26 nitrogen and oxygen atoms in total. The number of anilines is 6. The molecule has 0 saturated carbocycles. The van der Waals surface area contributed by atoms with E-state index in [0.717, 1.165) is 278 Å². The highest BCUT2D eigenvalue weighted by atomic mass is 32.1. The summed E-state index contributed by atoms with van der Waals surface area (Å²) in [5.41, 5.74) is 15.3. The summed E-state index contributed by atoms with van der Waals surface area (Å²) in [5.74, 6) is 3.22. The van der Waals surface area contributed by atoms with Crippen LogP contribution in [-0.2, 0) is 19.2 Å². The lowest BCUT2D eigenvalue weighted by atomic mass is 10.1. The number of pyridine rings is 4. The summed E-state index contributed by atoms with van der Waals surface area (Å²) in [6, 6.07) is 54.5. The molecule has 0 radical (unpaired) electrons. The molecule has 4 unspecified atom stereocenters. The van der Waals surface area contributed by atoms with E-state index in [0.29, 0.717) is 12.8 Å². The number of nitrogens with zero attached hydrogens (tertiary/aromatic N) is 19. The lowest BCUT2D eigenvalue weighted by molar-refractivity contribution is -0.123. The number of hydrogen-bond donors (Lipinski definition) is 0. The lowest BCUT2D eigenvalue weighted by Crippen LogP contribution is -2.37. The van der Waals surface area contributed by atoms with Gasteiger partial charge in [0.05, 0.1) is 89.6 Å². The number of fused-ring (bicyclic) bond motifs is 4. The molecular weight excluding hydrogens is 1770 g/mol. The number of methoxy groups -OCH3 is 3. The van der Waals surface area contributed by atoms with Crippen molar-refractivity contribution in [2.45, 2.75) is 136 Å². The highest BCUT2D eigenvalue weighted by molar-refractivity contribution is 7.14. The van der Waals surface area contributed by atoms with Crippen LogP contribution in [0.15, 0.2) is 211 Å². The minimum Gasteiger partial charge on any atom is -0.494 e. The van der Waals surface area contributed by atoms with Gasteiger partial charge in [-0.2, -0.15) is 5.10 Å². The number of carbonyl (C=O) groups excluding carboxylic acids is 4. The standard InChI is InChI=1S/2C27H35N5O2S.C27H29N5O.C27H28N4O2S/c2*1-20(33)18-23(22-19-35-27(29-22)32-12-4-3-5-13-32)30-14-7-15-31(17-16-30)26-24(34-2)10-9-21-8-6-11-28-25(21)26;1-20-18-22-8-6-12-28-26(22)25(19-20)30-13-7-14-31(17-16-30)27(21(2)33)24-11-15-32(29-24)23-9-4-3-5-10-23;1-19(32)25(22-18-34-27(29-22)21-8-4-3-5-9-21)30-14-7-15-31(17-16-30)26-23(33-2)12-11-20-10-6-13-28-24(20)26/h2*6,8-11,19,23H,3-5,7,12-18H2,1-2H3;3-6,8-12,15,18-19,27H,7,13-14,16-17H2,1-2H3;3-6,8-13,18,25H,7,14-17H2,1-2H3. The van der Waals surface area contributed by atoms with E-state index in [1.807, 2.05) is 144 Å². The molecule has 6 aliphatic rings. The molecule has 714 valence electrons. The molecule has 4 atom stereocenters. The van der Waals surface area contributed by atoms with Crippen molar-refractivity contribution in [2.24, 2.45) is 0 Å². The van der Waals surface area contributed by atoms with Gasteiger partial charge in [0.1, 0.15) is 63.0 Å². The number of Topliss-reactive ketones (excluding diaryl/α,β-unsaturated/α-hetero) is 4. The van der Waals surface area contributed by atoms with Crippen molar-refractivity contribution in [3.8, 4) is 33.5 Å². The Balaban J connectivity index is 0.000000127. The van der Waals surface area contributed by atoms with Crippen molar-refractivity contribution in [1.82, 2.24) is 64.3 Å². The van der Waals surface area contributed by atoms with Gasteiger partial charge in [0.25, 0.3) is 0 Å². The highest BCUT2D eigenvalue weighted by Gasteiger charge is 2.36. The molecule has 6 fully saturated rings. The van der Waals surface area contributed by atoms with Gasteiger partial charge in [-0.1, -0.05) is 72.8 Å². The first-order chi connectivity index (χ1) is 67.0. The predicted molar refractivity (Wildman–Crippen MR) is 555 cm³/mol. The molecule has 8 aromatic heterocycles. The van der Waals surface area contributed by atoms with Gasteiger partial charge in [-0.25, -0.2) is 19.6 Å². The Morgan fingerprint density at radius 1 is 0.350 bits per heavy atom. The van der Waals surface area contributed by atoms with Crippen LogP contribution in [0.1, 0.15) is 157 Å². The number of rotatable bonds is 25. The number of aromatic nitrogens is 9. The molecule has 0 N–H and O–H groups in total. The second-order valence-corrected chi connectivity index (χ2v) is 39.0. The highest BCUT2D eigenvalue weighted by Crippen LogP contribution is 2.43. The van der Waals surface area contributed by atoms with Gasteiger partial charge in [-0.3, -0.25) is 58.7 Å². The molecule has 0 bridgehead atoms. The molecule has 29 heteroatoms. The first-order valence-corrected chi connectivity index (χ1v) is 51.3. The zero-order valence-electron chi connectivity index (χ0n) is 80.2. The number of ether oxygens (including phenoxy) is 3. The average Bonchev–Trinajstić information content (AvgIpc) is 0.837. The number of ketones is 4. The third kappa shape index (κ3) is 23.3. The van der Waals surface area contributed by atoms with E-state index in [9.17, 15) is 19.2 Å². The normalized spacial score (nSPS) is 17.2. The van der Waals surface area contributed by atoms with Crippen molar-refractivity contribution < 1.29 is 33.4 Å². The van der Waals surface area contributed by atoms with Crippen LogP contribution in [0.3, 0.4) is 0 Å². The second kappa shape index (κ2) is 46.3. The van der Waals surface area contributed by atoms with E-state index in [4.69, 9.17) is 44.2 Å². The molecular formula is C108H127N19O7S3. The quantitative estimate of drug-likeness (QED) is 0.0517. The number of aryl methyl sites for hydroxylation is 1.